The number of hydrogen-bond donors (Lipinski definition) is 1. The van der Waals surface area contributed by atoms with Crippen LogP contribution in [0.25, 0.3) is 4.96 Å². The summed E-state index contributed by atoms with van der Waals surface area (Å²) in [5.41, 5.74) is 0.970. The maximum atomic E-state index is 12.7. The van der Waals surface area contributed by atoms with Crippen molar-refractivity contribution in [3.05, 3.63) is 32.7 Å². The van der Waals surface area contributed by atoms with Crippen LogP contribution in [-0.2, 0) is 12.8 Å². The fourth-order valence-electron chi connectivity index (χ4n) is 3.03. The van der Waals surface area contributed by atoms with Gasteiger partial charge in [-0.15, -0.1) is 11.3 Å². The average Bonchev–Trinajstić information content (AvgIpc) is 2.86. The summed E-state index contributed by atoms with van der Waals surface area (Å²) in [6, 6.07) is 0.0639. The molecule has 0 saturated heterocycles. The molecule has 1 aliphatic carbocycles. The molecule has 0 aliphatic heterocycles. The number of hydrogen-bond acceptors (Lipinski definition) is 4. The van der Waals surface area contributed by atoms with Gasteiger partial charge in [-0.05, 0) is 39.0 Å². The van der Waals surface area contributed by atoms with E-state index in [1.54, 1.807) is 15.7 Å². The predicted molar refractivity (Wildman–Crippen MR) is 87.8 cm³/mol. The van der Waals surface area contributed by atoms with E-state index in [4.69, 9.17) is 0 Å². The van der Waals surface area contributed by atoms with Crippen LogP contribution in [-0.4, -0.2) is 21.3 Å². The summed E-state index contributed by atoms with van der Waals surface area (Å²) in [6.07, 6.45) is 7.48. The van der Waals surface area contributed by atoms with Gasteiger partial charge < -0.3 is 5.32 Å². The Labute approximate surface area is 133 Å². The van der Waals surface area contributed by atoms with Crippen molar-refractivity contribution in [2.75, 3.05) is 0 Å². The van der Waals surface area contributed by atoms with Gasteiger partial charge >= 0.3 is 0 Å². The van der Waals surface area contributed by atoms with Gasteiger partial charge in [0.1, 0.15) is 5.56 Å². The van der Waals surface area contributed by atoms with Gasteiger partial charge in [0.2, 0.25) is 0 Å². The van der Waals surface area contributed by atoms with Crippen LogP contribution >= 0.6 is 11.3 Å². The second-order valence-electron chi connectivity index (χ2n) is 5.94. The maximum Gasteiger partial charge on any atom is 0.271 e. The first-order valence-corrected chi connectivity index (χ1v) is 8.76. The van der Waals surface area contributed by atoms with Gasteiger partial charge in [0.05, 0.1) is 0 Å². The Morgan fingerprint density at radius 1 is 1.45 bits per heavy atom. The molecule has 2 heterocycles. The minimum atomic E-state index is -0.316. The first-order valence-electron chi connectivity index (χ1n) is 7.95. The van der Waals surface area contributed by atoms with Crippen molar-refractivity contribution in [1.29, 1.82) is 0 Å². The van der Waals surface area contributed by atoms with E-state index < -0.39 is 0 Å². The Kier molecular flexibility index (Phi) is 4.29. The minimum Gasteiger partial charge on any atom is -0.349 e. The summed E-state index contributed by atoms with van der Waals surface area (Å²) in [5.74, 6) is -0.316. The Hall–Kier alpha value is -1.69. The van der Waals surface area contributed by atoms with Crippen molar-refractivity contribution < 1.29 is 4.79 Å². The SMILES string of the molecule is CCC[C@@H](C)NC(=O)c1cnc2sc3c(n2c1=O)CCCC3. The largest absolute Gasteiger partial charge is 0.349 e. The second kappa shape index (κ2) is 6.20. The third-order valence-corrected chi connectivity index (χ3v) is 5.30. The summed E-state index contributed by atoms with van der Waals surface area (Å²) in [4.78, 5) is 31.3. The van der Waals surface area contributed by atoms with Crippen molar-refractivity contribution in [3.63, 3.8) is 0 Å². The van der Waals surface area contributed by atoms with Gasteiger partial charge in [0.25, 0.3) is 11.5 Å². The standard InChI is InChI=1S/C16H21N3O2S/c1-3-6-10(2)18-14(20)11-9-17-16-19(15(11)21)12-7-4-5-8-13(12)22-16/h9-10H,3-8H2,1-2H3,(H,18,20)/t10-/m1/s1. The molecule has 0 bridgehead atoms. The Bertz CT molecular complexity index is 763. The molecule has 1 atom stereocenters. The van der Waals surface area contributed by atoms with E-state index in [0.29, 0.717) is 4.96 Å². The Morgan fingerprint density at radius 2 is 2.23 bits per heavy atom. The van der Waals surface area contributed by atoms with Crippen molar-refractivity contribution >= 4 is 22.2 Å². The number of fused-ring (bicyclic) bond motifs is 3. The second-order valence-corrected chi connectivity index (χ2v) is 7.00. The highest BCUT2D eigenvalue weighted by molar-refractivity contribution is 7.17. The van der Waals surface area contributed by atoms with Gasteiger partial charge in [-0.1, -0.05) is 13.3 Å². The van der Waals surface area contributed by atoms with Crippen LogP contribution in [0.4, 0.5) is 0 Å². The molecule has 22 heavy (non-hydrogen) atoms. The lowest BCUT2D eigenvalue weighted by atomic mass is 10.0. The zero-order valence-corrected chi connectivity index (χ0v) is 13.8. The normalized spacial score (nSPS) is 15.5. The smallest absolute Gasteiger partial charge is 0.271 e. The molecule has 0 spiro atoms. The van der Waals surface area contributed by atoms with E-state index in [-0.39, 0.29) is 23.1 Å². The van der Waals surface area contributed by atoms with E-state index in [2.05, 4.69) is 17.2 Å². The Morgan fingerprint density at radius 3 is 3.00 bits per heavy atom. The number of nitrogens with one attached hydrogen (secondary N) is 1. The zero-order valence-electron chi connectivity index (χ0n) is 13.0. The van der Waals surface area contributed by atoms with Crippen LogP contribution < -0.4 is 10.9 Å². The fraction of sp³-hybridized carbons (Fsp3) is 0.562. The molecule has 0 radical (unpaired) electrons. The van der Waals surface area contributed by atoms with E-state index in [1.807, 2.05) is 6.92 Å². The highest BCUT2D eigenvalue weighted by Crippen LogP contribution is 2.28. The molecule has 0 unspecified atom stereocenters. The van der Waals surface area contributed by atoms with E-state index in [1.165, 1.54) is 11.1 Å². The highest BCUT2D eigenvalue weighted by Gasteiger charge is 2.21. The topological polar surface area (TPSA) is 63.5 Å². The lowest BCUT2D eigenvalue weighted by Crippen LogP contribution is -2.37. The molecule has 2 aromatic heterocycles. The van der Waals surface area contributed by atoms with Gasteiger partial charge in [-0.25, -0.2) is 4.98 Å². The average molecular weight is 319 g/mol. The minimum absolute atomic E-state index is 0.0639. The molecular weight excluding hydrogens is 298 g/mol. The predicted octanol–water partition coefficient (Wildman–Crippen LogP) is 2.55. The summed E-state index contributed by atoms with van der Waals surface area (Å²) in [5, 5.41) is 2.89. The first kappa shape index (κ1) is 15.2. The van der Waals surface area contributed by atoms with Gasteiger partial charge in [-0.3, -0.25) is 14.0 Å². The molecule has 2 aromatic rings. The molecule has 5 nitrogen and oxygen atoms in total. The molecule has 0 fully saturated rings. The Balaban J connectivity index is 1.99. The van der Waals surface area contributed by atoms with Crippen molar-refractivity contribution in [2.45, 2.75) is 58.4 Å². The van der Waals surface area contributed by atoms with Crippen LogP contribution in [0.5, 0.6) is 0 Å². The van der Waals surface area contributed by atoms with Gasteiger partial charge in [0.15, 0.2) is 4.96 Å². The number of rotatable bonds is 4. The van der Waals surface area contributed by atoms with Crippen LogP contribution in [0.1, 0.15) is 60.5 Å². The third-order valence-electron chi connectivity index (χ3n) is 4.15. The van der Waals surface area contributed by atoms with Crippen LogP contribution in [0.15, 0.2) is 11.0 Å². The summed E-state index contributed by atoms with van der Waals surface area (Å²) < 4.78 is 1.65. The molecular formula is C16H21N3O2S. The van der Waals surface area contributed by atoms with E-state index >= 15 is 0 Å². The maximum absolute atomic E-state index is 12.7. The molecule has 1 amide bonds. The van der Waals surface area contributed by atoms with Crippen molar-refractivity contribution in [1.82, 2.24) is 14.7 Å². The molecule has 0 aromatic carbocycles. The number of amides is 1. The molecule has 118 valence electrons. The number of nitrogens with zero attached hydrogens (tertiary/aromatic N) is 2. The third kappa shape index (κ3) is 2.67. The van der Waals surface area contributed by atoms with Crippen LogP contribution in [0.2, 0.25) is 0 Å². The van der Waals surface area contributed by atoms with Crippen LogP contribution in [0.3, 0.4) is 0 Å². The quantitative estimate of drug-likeness (QED) is 0.942. The van der Waals surface area contributed by atoms with Gasteiger partial charge in [0, 0.05) is 22.8 Å². The first-order chi connectivity index (χ1) is 10.6. The van der Waals surface area contributed by atoms with E-state index in [9.17, 15) is 9.59 Å². The molecule has 6 heteroatoms. The van der Waals surface area contributed by atoms with Crippen molar-refractivity contribution in [3.8, 4) is 0 Å². The zero-order chi connectivity index (χ0) is 15.7. The number of thiazole rings is 1. The highest BCUT2D eigenvalue weighted by atomic mass is 32.1. The lowest BCUT2D eigenvalue weighted by Gasteiger charge is -2.13. The molecule has 1 N–H and O–H groups in total. The van der Waals surface area contributed by atoms with Gasteiger partial charge in [-0.2, -0.15) is 0 Å². The molecule has 1 aliphatic rings. The summed E-state index contributed by atoms with van der Waals surface area (Å²) in [7, 11) is 0. The monoisotopic (exact) mass is 319 g/mol. The van der Waals surface area contributed by atoms with E-state index in [0.717, 1.165) is 44.2 Å². The number of aryl methyl sites for hydroxylation is 2. The number of aromatic nitrogens is 2. The van der Waals surface area contributed by atoms with Crippen LogP contribution in [0, 0.1) is 0 Å². The lowest BCUT2D eigenvalue weighted by molar-refractivity contribution is 0.0936. The summed E-state index contributed by atoms with van der Waals surface area (Å²) in [6.45, 7) is 4.03. The number of carbonyl (C=O) groups excluding carboxylic acids is 1. The molecule has 3 rings (SSSR count). The number of carbonyl (C=O) groups is 1. The molecule has 0 saturated carbocycles. The summed E-state index contributed by atoms with van der Waals surface area (Å²) >= 11 is 1.58. The fourth-order valence-corrected chi connectivity index (χ4v) is 4.20. The van der Waals surface area contributed by atoms with Crippen molar-refractivity contribution in [2.24, 2.45) is 0 Å².